The average molecular weight is 372 g/mol. The highest BCUT2D eigenvalue weighted by Crippen LogP contribution is 2.29. The van der Waals surface area contributed by atoms with Gasteiger partial charge in [-0.25, -0.2) is 17.9 Å². The minimum Gasteiger partial charge on any atom is -0.478 e. The second-order valence-corrected chi connectivity index (χ2v) is 8.07. The summed E-state index contributed by atoms with van der Waals surface area (Å²) in [4.78, 5) is 10.7. The molecule has 0 aliphatic carbocycles. The first-order chi connectivity index (χ1) is 9.69. The van der Waals surface area contributed by atoms with Crippen molar-refractivity contribution >= 4 is 51.0 Å². The van der Waals surface area contributed by atoms with E-state index in [1.54, 1.807) is 18.7 Å². The molecule has 0 amide bonds. The summed E-state index contributed by atoms with van der Waals surface area (Å²) in [6.07, 6.45) is 0. The molecule has 0 saturated heterocycles. The van der Waals surface area contributed by atoms with E-state index in [-0.39, 0.29) is 26.5 Å². The van der Waals surface area contributed by atoms with E-state index in [9.17, 15) is 13.2 Å². The van der Waals surface area contributed by atoms with Gasteiger partial charge in [0, 0.05) is 11.8 Å². The first-order valence-electron chi connectivity index (χ1n) is 6.01. The Morgan fingerprint density at radius 3 is 2.52 bits per heavy atom. The van der Waals surface area contributed by atoms with E-state index in [1.807, 2.05) is 6.92 Å². The summed E-state index contributed by atoms with van der Waals surface area (Å²) in [7, 11) is -3.91. The van der Waals surface area contributed by atoms with Crippen molar-refractivity contribution in [3.05, 3.63) is 27.7 Å². The number of benzene rings is 1. The van der Waals surface area contributed by atoms with Crippen molar-refractivity contribution in [2.24, 2.45) is 0 Å². The van der Waals surface area contributed by atoms with Gasteiger partial charge in [0.25, 0.3) is 0 Å². The Bertz CT molecular complexity index is 634. The maximum Gasteiger partial charge on any atom is 0.337 e. The second-order valence-electron chi connectivity index (χ2n) is 4.25. The van der Waals surface area contributed by atoms with Gasteiger partial charge in [-0.2, -0.15) is 11.8 Å². The highest BCUT2D eigenvalue weighted by atomic mass is 35.5. The number of carboxylic acids is 1. The van der Waals surface area contributed by atoms with Crippen molar-refractivity contribution in [2.75, 3.05) is 11.5 Å². The molecule has 118 valence electrons. The van der Waals surface area contributed by atoms with Gasteiger partial charge in [0.15, 0.2) is 0 Å². The molecule has 9 heteroatoms. The first kappa shape index (κ1) is 18.6. The SMILES string of the molecule is CCSCC(C)NS(=O)(=O)c1cc(C(=O)O)c(Cl)cc1Cl. The summed E-state index contributed by atoms with van der Waals surface area (Å²) in [6, 6.07) is 1.78. The predicted octanol–water partition coefficient (Wildman–Crippen LogP) is 3.11. The average Bonchev–Trinajstić information content (AvgIpc) is 2.34. The second kappa shape index (κ2) is 7.69. The third-order valence-corrected chi connectivity index (χ3v) is 5.98. The Morgan fingerprint density at radius 2 is 2.00 bits per heavy atom. The number of sulfonamides is 1. The summed E-state index contributed by atoms with van der Waals surface area (Å²) in [5, 5.41) is 8.77. The zero-order valence-corrected chi connectivity index (χ0v) is 14.5. The van der Waals surface area contributed by atoms with Gasteiger partial charge in [-0.05, 0) is 24.8 Å². The number of rotatable bonds is 7. The van der Waals surface area contributed by atoms with Crippen LogP contribution in [0.4, 0.5) is 0 Å². The number of hydrogen-bond acceptors (Lipinski definition) is 4. The van der Waals surface area contributed by atoms with Crippen molar-refractivity contribution in [3.63, 3.8) is 0 Å². The summed E-state index contributed by atoms with van der Waals surface area (Å²) in [6.45, 7) is 3.70. The third kappa shape index (κ3) is 5.03. The van der Waals surface area contributed by atoms with E-state index in [0.717, 1.165) is 17.9 Å². The lowest BCUT2D eigenvalue weighted by Gasteiger charge is -2.15. The smallest absolute Gasteiger partial charge is 0.337 e. The summed E-state index contributed by atoms with van der Waals surface area (Å²) >= 11 is 13.2. The molecule has 0 aliphatic heterocycles. The van der Waals surface area contributed by atoms with E-state index < -0.39 is 16.0 Å². The standard InChI is InChI=1S/C12H15Cl2NO4S2/c1-3-20-6-7(2)15-21(18,19)11-4-8(12(16)17)9(13)5-10(11)14/h4-5,7,15H,3,6H2,1-2H3,(H,16,17). The molecular formula is C12H15Cl2NO4S2. The van der Waals surface area contributed by atoms with Gasteiger partial charge in [0.05, 0.1) is 15.6 Å². The fourth-order valence-corrected chi connectivity index (χ4v) is 4.43. The molecule has 0 spiro atoms. The van der Waals surface area contributed by atoms with Gasteiger partial charge in [0.2, 0.25) is 10.0 Å². The van der Waals surface area contributed by atoms with Gasteiger partial charge < -0.3 is 5.11 Å². The number of halogens is 2. The van der Waals surface area contributed by atoms with Crippen LogP contribution in [-0.4, -0.2) is 37.0 Å². The van der Waals surface area contributed by atoms with Gasteiger partial charge >= 0.3 is 5.97 Å². The lowest BCUT2D eigenvalue weighted by atomic mass is 10.2. The van der Waals surface area contributed by atoms with Gasteiger partial charge in [-0.15, -0.1) is 0 Å². The monoisotopic (exact) mass is 371 g/mol. The summed E-state index contributed by atoms with van der Waals surface area (Å²) in [5.74, 6) is 0.159. The molecular weight excluding hydrogens is 357 g/mol. The maximum atomic E-state index is 12.3. The van der Waals surface area contributed by atoms with Crippen molar-refractivity contribution in [1.29, 1.82) is 0 Å². The van der Waals surface area contributed by atoms with Crippen molar-refractivity contribution in [2.45, 2.75) is 24.8 Å². The fourth-order valence-electron chi connectivity index (χ4n) is 1.56. The molecule has 1 aromatic carbocycles. The number of nitrogens with one attached hydrogen (secondary N) is 1. The quantitative estimate of drug-likeness (QED) is 0.769. The van der Waals surface area contributed by atoms with Crippen LogP contribution < -0.4 is 4.72 Å². The Morgan fingerprint density at radius 1 is 1.38 bits per heavy atom. The van der Waals surface area contributed by atoms with Crippen molar-refractivity contribution < 1.29 is 18.3 Å². The number of thioether (sulfide) groups is 1. The number of carbonyl (C=O) groups is 1. The van der Waals surface area contributed by atoms with Gasteiger partial charge in [-0.1, -0.05) is 30.1 Å². The molecule has 1 unspecified atom stereocenters. The molecule has 2 N–H and O–H groups in total. The minimum atomic E-state index is -3.91. The zero-order valence-electron chi connectivity index (χ0n) is 11.4. The highest BCUT2D eigenvalue weighted by molar-refractivity contribution is 7.99. The molecule has 0 aromatic heterocycles. The van der Waals surface area contributed by atoms with Crippen LogP contribution >= 0.6 is 35.0 Å². The first-order valence-corrected chi connectivity index (χ1v) is 9.40. The van der Waals surface area contributed by atoms with Crippen LogP contribution in [0.25, 0.3) is 0 Å². The van der Waals surface area contributed by atoms with E-state index in [1.165, 1.54) is 0 Å². The van der Waals surface area contributed by atoms with Crippen LogP contribution in [0.1, 0.15) is 24.2 Å². The summed E-state index contributed by atoms with van der Waals surface area (Å²) < 4.78 is 27.0. The van der Waals surface area contributed by atoms with E-state index in [4.69, 9.17) is 28.3 Å². The Hall–Kier alpha value is -0.470. The summed E-state index contributed by atoms with van der Waals surface area (Å²) in [5.41, 5.74) is -0.308. The van der Waals surface area contributed by atoms with Crippen molar-refractivity contribution in [1.82, 2.24) is 4.72 Å². The largest absolute Gasteiger partial charge is 0.478 e. The zero-order chi connectivity index (χ0) is 16.2. The minimum absolute atomic E-state index is 0.110. The molecule has 1 rings (SSSR count). The maximum absolute atomic E-state index is 12.3. The normalized spacial score (nSPS) is 13.1. The van der Waals surface area contributed by atoms with E-state index in [2.05, 4.69) is 4.72 Å². The Balaban J connectivity index is 3.13. The van der Waals surface area contributed by atoms with Crippen LogP contribution in [-0.2, 0) is 10.0 Å². The topological polar surface area (TPSA) is 83.5 Å². The predicted molar refractivity (Wildman–Crippen MR) is 86.2 cm³/mol. The van der Waals surface area contributed by atoms with Crippen LogP contribution in [0.5, 0.6) is 0 Å². The van der Waals surface area contributed by atoms with Gasteiger partial charge in [-0.3, -0.25) is 0 Å². The van der Waals surface area contributed by atoms with Gasteiger partial charge in [0.1, 0.15) is 4.90 Å². The van der Waals surface area contributed by atoms with E-state index in [0.29, 0.717) is 5.75 Å². The molecule has 0 saturated carbocycles. The lowest BCUT2D eigenvalue weighted by Crippen LogP contribution is -2.34. The molecule has 1 aromatic rings. The molecule has 0 aliphatic rings. The molecule has 1 atom stereocenters. The molecule has 0 bridgehead atoms. The van der Waals surface area contributed by atoms with Crippen LogP contribution in [0.15, 0.2) is 17.0 Å². The lowest BCUT2D eigenvalue weighted by molar-refractivity contribution is 0.0697. The third-order valence-electron chi connectivity index (χ3n) is 2.47. The molecule has 0 fully saturated rings. The number of carboxylic acid groups (broad SMARTS) is 1. The van der Waals surface area contributed by atoms with E-state index >= 15 is 0 Å². The number of aromatic carboxylic acids is 1. The molecule has 0 radical (unpaired) electrons. The van der Waals surface area contributed by atoms with Crippen molar-refractivity contribution in [3.8, 4) is 0 Å². The van der Waals surface area contributed by atoms with Crippen LogP contribution in [0, 0.1) is 0 Å². The van der Waals surface area contributed by atoms with Crippen LogP contribution in [0.2, 0.25) is 10.0 Å². The van der Waals surface area contributed by atoms with Crippen LogP contribution in [0.3, 0.4) is 0 Å². The Kier molecular flexibility index (Phi) is 6.80. The number of hydrogen-bond donors (Lipinski definition) is 2. The molecule has 0 heterocycles. The molecule has 5 nitrogen and oxygen atoms in total. The highest BCUT2D eigenvalue weighted by Gasteiger charge is 2.23. The molecule has 21 heavy (non-hydrogen) atoms. The fraction of sp³-hybridized carbons (Fsp3) is 0.417. The Labute approximate surface area is 138 Å².